The van der Waals surface area contributed by atoms with Gasteiger partial charge in [-0.25, -0.2) is 0 Å². The van der Waals surface area contributed by atoms with E-state index in [1.807, 2.05) is 0 Å². The summed E-state index contributed by atoms with van der Waals surface area (Å²) in [6.45, 7) is 0. The molecule has 0 saturated heterocycles. The van der Waals surface area contributed by atoms with Crippen molar-refractivity contribution in [1.29, 1.82) is 0 Å². The van der Waals surface area contributed by atoms with Crippen molar-refractivity contribution in [3.8, 4) is 0 Å². The van der Waals surface area contributed by atoms with Crippen LogP contribution in [0, 0.1) is 0 Å². The Labute approximate surface area is 75.8 Å². The Bertz CT molecular complexity index is 10.8. The molecule has 0 aliphatic carbocycles. The zero-order chi connectivity index (χ0) is 0. The van der Waals surface area contributed by atoms with Crippen molar-refractivity contribution in [2.45, 2.75) is 0 Å². The van der Waals surface area contributed by atoms with Crippen molar-refractivity contribution in [2.75, 3.05) is 0 Å². The summed E-state index contributed by atoms with van der Waals surface area (Å²) in [5.41, 5.74) is 0. The van der Waals surface area contributed by atoms with Gasteiger partial charge in [0.1, 0.15) is 0 Å². The molecule has 0 heterocycles. The maximum atomic E-state index is 0. The van der Waals surface area contributed by atoms with Crippen molar-refractivity contribution in [2.24, 2.45) is 0 Å². The molecule has 0 aliphatic rings. The predicted molar refractivity (Wildman–Crippen MR) is 29.3 cm³/mol. The first kappa shape index (κ1) is 111. The van der Waals surface area contributed by atoms with Crippen molar-refractivity contribution in [3.05, 3.63) is 0 Å². The summed E-state index contributed by atoms with van der Waals surface area (Å²) in [4.78, 5) is 0. The molecule has 3 nitrogen and oxygen atoms in total. The molecule has 0 rings (SSSR count). The topological polar surface area (TPSA) is 94.5 Å². The van der Waals surface area contributed by atoms with Crippen LogP contribution in [0.25, 0.3) is 0 Å². The van der Waals surface area contributed by atoms with Gasteiger partial charge in [0.05, 0.1) is 0 Å². The SMILES string of the molecule is O.O.O.[AlH3].[MgH2].[Zn]. The molecule has 0 radical (unpaired) electrons. The van der Waals surface area contributed by atoms with Crippen molar-refractivity contribution in [3.63, 3.8) is 0 Å². The summed E-state index contributed by atoms with van der Waals surface area (Å²) in [6.07, 6.45) is 0. The van der Waals surface area contributed by atoms with Gasteiger partial charge in [0, 0.05) is 19.5 Å². The standard InChI is InChI=1S/Al.Mg.3H2O.Zn.5H/h;;3*1H2;;;;;;. The minimum absolute atomic E-state index is 0. The predicted octanol–water partition coefficient (Wildman–Crippen LogP) is -4.58. The van der Waals surface area contributed by atoms with Crippen LogP contribution < -0.4 is 0 Å². The second kappa shape index (κ2) is 70.5. The Balaban J connectivity index is 0. The second-order valence-electron chi connectivity index (χ2n) is 0. The van der Waals surface area contributed by atoms with Gasteiger partial charge in [-0.05, 0) is 0 Å². The third kappa shape index (κ3) is 41.2. The number of rotatable bonds is 0. The van der Waals surface area contributed by atoms with Crippen LogP contribution in [-0.2, 0) is 19.5 Å². The fourth-order valence-electron chi connectivity index (χ4n) is 0. The first-order valence-corrected chi connectivity index (χ1v) is 0. The zero-order valence-electron chi connectivity index (χ0n) is 2.21. The van der Waals surface area contributed by atoms with E-state index in [9.17, 15) is 0 Å². The quantitative estimate of drug-likeness (QED) is 0.332. The van der Waals surface area contributed by atoms with Crippen LogP contribution in [0.5, 0.6) is 0 Å². The van der Waals surface area contributed by atoms with E-state index in [1.165, 1.54) is 0 Å². The van der Waals surface area contributed by atoms with Crippen LogP contribution in [0.1, 0.15) is 0 Å². The van der Waals surface area contributed by atoms with Crippen molar-refractivity contribution < 1.29 is 35.9 Å². The fraction of sp³-hybridized carbons (Fsp3) is 0. The molecule has 6 heavy (non-hydrogen) atoms. The van der Waals surface area contributed by atoms with E-state index < -0.39 is 0 Å². The van der Waals surface area contributed by atoms with Gasteiger partial charge in [0.2, 0.25) is 0 Å². The molecule has 6 N–H and O–H groups in total. The average Bonchev–Trinajstić information content (AvgIpc) is 0. The normalized spacial score (nSPS) is 0. The van der Waals surface area contributed by atoms with Crippen LogP contribution in [-0.4, -0.2) is 56.8 Å². The summed E-state index contributed by atoms with van der Waals surface area (Å²) >= 11 is 0. The van der Waals surface area contributed by atoms with Gasteiger partial charge in [0.15, 0.2) is 17.4 Å². The Hall–Kier alpha value is 1.80. The molecule has 0 bridgehead atoms. The molecule has 0 aromatic carbocycles. The third-order valence-corrected chi connectivity index (χ3v) is 0. The number of hydrogen-bond donors (Lipinski definition) is 0. The van der Waals surface area contributed by atoms with Crippen LogP contribution in [0.2, 0.25) is 0 Å². The van der Waals surface area contributed by atoms with Crippen molar-refractivity contribution in [1.82, 2.24) is 0 Å². The van der Waals surface area contributed by atoms with Crippen LogP contribution in [0.3, 0.4) is 0 Å². The molecule has 6 heteroatoms. The van der Waals surface area contributed by atoms with E-state index in [0.29, 0.717) is 0 Å². The van der Waals surface area contributed by atoms with Gasteiger partial charge in [-0.3, -0.25) is 0 Å². The van der Waals surface area contributed by atoms with Crippen LogP contribution in [0.15, 0.2) is 0 Å². The molecule has 0 fully saturated rings. The summed E-state index contributed by atoms with van der Waals surface area (Å²) in [7, 11) is 0. The molecule has 0 aliphatic heterocycles. The zero-order valence-corrected chi connectivity index (χ0v) is 5.17. The summed E-state index contributed by atoms with van der Waals surface area (Å²) in [5, 5.41) is 0. The smallest absolute Gasteiger partial charge is 0.316 e. The molecular weight excluding hydrogens is 165 g/mol. The molecule has 0 aromatic rings. The second-order valence-corrected chi connectivity index (χ2v) is 0. The molecule has 0 aromatic heterocycles. The van der Waals surface area contributed by atoms with E-state index >= 15 is 0 Å². The van der Waals surface area contributed by atoms with Crippen LogP contribution in [0.4, 0.5) is 0 Å². The van der Waals surface area contributed by atoms with Gasteiger partial charge in [0.25, 0.3) is 0 Å². The largest absolute Gasteiger partial charge is 0.412 e. The molecule has 0 spiro atoms. The Kier molecular flexibility index (Phi) is 1310. The first-order chi connectivity index (χ1) is 0. The maximum Gasteiger partial charge on any atom is 0.316 e. The van der Waals surface area contributed by atoms with E-state index in [4.69, 9.17) is 0 Å². The Morgan fingerprint density at radius 3 is 0.667 bits per heavy atom. The van der Waals surface area contributed by atoms with E-state index in [-0.39, 0.29) is 76.3 Å². The van der Waals surface area contributed by atoms with E-state index in [2.05, 4.69) is 0 Å². The Morgan fingerprint density at radius 2 is 0.667 bits per heavy atom. The maximum absolute atomic E-state index is 0. The van der Waals surface area contributed by atoms with E-state index in [0.717, 1.165) is 0 Å². The monoisotopic (exact) mass is 174 g/mol. The Morgan fingerprint density at radius 1 is 0.667 bits per heavy atom. The van der Waals surface area contributed by atoms with Gasteiger partial charge in [-0.15, -0.1) is 0 Å². The van der Waals surface area contributed by atoms with Gasteiger partial charge in [-0.1, -0.05) is 0 Å². The van der Waals surface area contributed by atoms with Crippen molar-refractivity contribution >= 4 is 40.4 Å². The van der Waals surface area contributed by atoms with Gasteiger partial charge < -0.3 is 16.4 Å². The minimum Gasteiger partial charge on any atom is -0.412 e. The first-order valence-electron chi connectivity index (χ1n) is 0. The number of hydrogen-bond acceptors (Lipinski definition) is 0. The summed E-state index contributed by atoms with van der Waals surface area (Å²) < 4.78 is 0. The summed E-state index contributed by atoms with van der Waals surface area (Å²) in [5.74, 6) is 0. The molecule has 0 amide bonds. The minimum atomic E-state index is 0. The molecule has 0 saturated carbocycles. The van der Waals surface area contributed by atoms with Gasteiger partial charge >= 0.3 is 23.1 Å². The van der Waals surface area contributed by atoms with Gasteiger partial charge in [-0.2, -0.15) is 0 Å². The van der Waals surface area contributed by atoms with E-state index in [1.54, 1.807) is 0 Å². The third-order valence-electron chi connectivity index (χ3n) is 0. The molecular formula is H11AlMgO3Zn. The molecule has 36 valence electrons. The van der Waals surface area contributed by atoms with Crippen LogP contribution >= 0.6 is 0 Å². The summed E-state index contributed by atoms with van der Waals surface area (Å²) in [6, 6.07) is 0. The average molecular weight is 176 g/mol. The fourth-order valence-corrected chi connectivity index (χ4v) is 0. The molecule has 0 atom stereocenters. The molecule has 0 unspecified atom stereocenters.